The molecule has 0 aromatic rings. The molecular formula is C8H10O4. The lowest BCUT2D eigenvalue weighted by Gasteiger charge is -2.19. The van der Waals surface area contributed by atoms with Crippen molar-refractivity contribution in [2.45, 2.75) is 25.7 Å². The SMILES string of the molecule is CC(=O)CC1OC(O)C=CC1=O. The van der Waals surface area contributed by atoms with E-state index in [9.17, 15) is 9.59 Å². The van der Waals surface area contributed by atoms with E-state index in [1.165, 1.54) is 19.1 Å². The lowest BCUT2D eigenvalue weighted by atomic mass is 10.1. The van der Waals surface area contributed by atoms with Crippen molar-refractivity contribution in [1.29, 1.82) is 0 Å². The minimum atomic E-state index is -1.06. The Morgan fingerprint density at radius 3 is 3.00 bits per heavy atom. The molecule has 0 fully saturated rings. The molecule has 0 radical (unpaired) electrons. The second kappa shape index (κ2) is 3.60. The standard InChI is InChI=1S/C8H10O4/c1-5(9)4-7-6(10)2-3-8(11)12-7/h2-3,7-8,11H,4H2,1H3. The van der Waals surface area contributed by atoms with Gasteiger partial charge in [-0.25, -0.2) is 0 Å². The highest BCUT2D eigenvalue weighted by atomic mass is 16.6. The number of rotatable bonds is 2. The normalized spacial score (nSPS) is 29.0. The second-order valence-electron chi connectivity index (χ2n) is 2.68. The molecular weight excluding hydrogens is 160 g/mol. The van der Waals surface area contributed by atoms with Crippen molar-refractivity contribution < 1.29 is 19.4 Å². The summed E-state index contributed by atoms with van der Waals surface area (Å²) in [5.41, 5.74) is 0. The number of carbonyl (C=O) groups is 2. The first-order valence-electron chi connectivity index (χ1n) is 3.64. The van der Waals surface area contributed by atoms with Crippen LogP contribution in [-0.4, -0.2) is 29.1 Å². The molecule has 1 aliphatic heterocycles. The molecule has 0 spiro atoms. The van der Waals surface area contributed by atoms with Gasteiger partial charge in [-0.1, -0.05) is 0 Å². The molecule has 0 saturated carbocycles. The zero-order chi connectivity index (χ0) is 9.14. The predicted octanol–water partition coefficient (Wildman–Crippen LogP) is -0.192. The third kappa shape index (κ3) is 2.25. The van der Waals surface area contributed by atoms with Gasteiger partial charge in [0.05, 0.1) is 0 Å². The number of hydrogen-bond acceptors (Lipinski definition) is 4. The van der Waals surface area contributed by atoms with Crippen molar-refractivity contribution in [3.63, 3.8) is 0 Å². The molecule has 0 bridgehead atoms. The van der Waals surface area contributed by atoms with E-state index in [4.69, 9.17) is 9.84 Å². The fraction of sp³-hybridized carbons (Fsp3) is 0.500. The first-order valence-corrected chi connectivity index (χ1v) is 3.64. The summed E-state index contributed by atoms with van der Waals surface area (Å²) in [7, 11) is 0. The van der Waals surface area contributed by atoms with Crippen molar-refractivity contribution >= 4 is 11.6 Å². The summed E-state index contributed by atoms with van der Waals surface area (Å²) in [5, 5.41) is 8.94. The Bertz CT molecular complexity index is 231. The number of ketones is 2. The Balaban J connectivity index is 2.60. The molecule has 0 saturated heterocycles. The third-order valence-corrected chi connectivity index (χ3v) is 1.52. The van der Waals surface area contributed by atoms with Gasteiger partial charge >= 0.3 is 0 Å². The second-order valence-corrected chi connectivity index (χ2v) is 2.68. The lowest BCUT2D eigenvalue weighted by molar-refractivity contribution is -0.151. The minimum absolute atomic E-state index is 0.0280. The van der Waals surface area contributed by atoms with Crippen molar-refractivity contribution in [3.05, 3.63) is 12.2 Å². The van der Waals surface area contributed by atoms with E-state index in [2.05, 4.69) is 0 Å². The van der Waals surface area contributed by atoms with Crippen LogP contribution in [0.25, 0.3) is 0 Å². The Labute approximate surface area is 69.8 Å². The molecule has 0 aromatic heterocycles. The summed E-state index contributed by atoms with van der Waals surface area (Å²) in [6.45, 7) is 1.38. The molecule has 0 amide bonds. The monoisotopic (exact) mass is 170 g/mol. The van der Waals surface area contributed by atoms with Crippen LogP contribution < -0.4 is 0 Å². The van der Waals surface area contributed by atoms with Gasteiger partial charge in [0.25, 0.3) is 0 Å². The smallest absolute Gasteiger partial charge is 0.184 e. The lowest BCUT2D eigenvalue weighted by Crippen LogP contribution is -2.32. The highest BCUT2D eigenvalue weighted by Gasteiger charge is 2.24. The van der Waals surface area contributed by atoms with Crippen LogP contribution >= 0.6 is 0 Å². The van der Waals surface area contributed by atoms with Crippen LogP contribution in [0, 0.1) is 0 Å². The number of hydrogen-bond donors (Lipinski definition) is 1. The van der Waals surface area contributed by atoms with E-state index >= 15 is 0 Å². The number of carbonyl (C=O) groups excluding carboxylic acids is 2. The van der Waals surface area contributed by atoms with Gasteiger partial charge in [-0.15, -0.1) is 0 Å². The maximum Gasteiger partial charge on any atom is 0.184 e. The summed E-state index contributed by atoms with van der Waals surface area (Å²) in [6, 6.07) is 0. The summed E-state index contributed by atoms with van der Waals surface area (Å²) < 4.78 is 4.81. The van der Waals surface area contributed by atoms with Crippen molar-refractivity contribution in [3.8, 4) is 0 Å². The van der Waals surface area contributed by atoms with Gasteiger partial charge in [0.15, 0.2) is 12.1 Å². The van der Waals surface area contributed by atoms with E-state index in [0.29, 0.717) is 0 Å². The fourth-order valence-corrected chi connectivity index (χ4v) is 0.975. The van der Waals surface area contributed by atoms with Crippen molar-refractivity contribution in [1.82, 2.24) is 0 Å². The first-order chi connectivity index (χ1) is 5.59. The van der Waals surface area contributed by atoms with E-state index in [1.807, 2.05) is 0 Å². The Morgan fingerprint density at radius 2 is 2.42 bits per heavy atom. The summed E-state index contributed by atoms with van der Waals surface area (Å²) in [6.07, 6.45) is 0.649. The molecule has 1 aliphatic rings. The van der Waals surface area contributed by atoms with Gasteiger partial charge in [-0.2, -0.15) is 0 Å². The Hall–Kier alpha value is -1.00. The first kappa shape index (κ1) is 9.09. The van der Waals surface area contributed by atoms with Crippen LogP contribution in [0.5, 0.6) is 0 Å². The average Bonchev–Trinajstić information content (AvgIpc) is 1.96. The van der Waals surface area contributed by atoms with E-state index < -0.39 is 12.4 Å². The highest BCUT2D eigenvalue weighted by Crippen LogP contribution is 2.10. The number of ether oxygens (including phenoxy) is 1. The van der Waals surface area contributed by atoms with Crippen molar-refractivity contribution in [2.75, 3.05) is 0 Å². The molecule has 12 heavy (non-hydrogen) atoms. The molecule has 2 atom stereocenters. The summed E-state index contributed by atoms with van der Waals surface area (Å²) >= 11 is 0. The maximum absolute atomic E-state index is 11.0. The van der Waals surface area contributed by atoms with Crippen LogP contribution in [0.3, 0.4) is 0 Å². The van der Waals surface area contributed by atoms with Gasteiger partial charge < -0.3 is 9.84 Å². The van der Waals surface area contributed by atoms with Gasteiger partial charge in [-0.3, -0.25) is 9.59 Å². The zero-order valence-corrected chi connectivity index (χ0v) is 6.69. The van der Waals surface area contributed by atoms with Crippen LogP contribution in [-0.2, 0) is 14.3 Å². The number of Topliss-reactive ketones (excluding diaryl/α,β-unsaturated/α-hetero) is 1. The zero-order valence-electron chi connectivity index (χ0n) is 6.69. The quantitative estimate of drug-likeness (QED) is 0.623. The fourth-order valence-electron chi connectivity index (χ4n) is 0.975. The van der Waals surface area contributed by atoms with Crippen molar-refractivity contribution in [2.24, 2.45) is 0 Å². The topological polar surface area (TPSA) is 63.6 Å². The Kier molecular flexibility index (Phi) is 2.73. The van der Waals surface area contributed by atoms with E-state index in [0.717, 1.165) is 0 Å². The van der Waals surface area contributed by atoms with Gasteiger partial charge in [0.2, 0.25) is 0 Å². The molecule has 1 heterocycles. The maximum atomic E-state index is 11.0. The summed E-state index contributed by atoms with van der Waals surface area (Å²) in [4.78, 5) is 21.6. The van der Waals surface area contributed by atoms with Crippen LogP contribution in [0.2, 0.25) is 0 Å². The molecule has 4 heteroatoms. The molecule has 1 N–H and O–H groups in total. The van der Waals surface area contributed by atoms with Gasteiger partial charge in [0, 0.05) is 6.42 Å². The van der Waals surface area contributed by atoms with E-state index in [1.54, 1.807) is 0 Å². The summed E-state index contributed by atoms with van der Waals surface area (Å²) in [5.74, 6) is -0.397. The Morgan fingerprint density at radius 1 is 1.75 bits per heavy atom. The molecule has 66 valence electrons. The molecule has 0 aliphatic carbocycles. The van der Waals surface area contributed by atoms with Crippen LogP contribution in [0.4, 0.5) is 0 Å². The molecule has 2 unspecified atom stereocenters. The minimum Gasteiger partial charge on any atom is -0.365 e. The molecule has 0 aromatic carbocycles. The molecule has 1 rings (SSSR count). The van der Waals surface area contributed by atoms with Crippen LogP contribution in [0.15, 0.2) is 12.2 Å². The van der Waals surface area contributed by atoms with Crippen LogP contribution in [0.1, 0.15) is 13.3 Å². The number of aliphatic hydroxyl groups is 1. The third-order valence-electron chi connectivity index (χ3n) is 1.52. The predicted molar refractivity (Wildman–Crippen MR) is 40.3 cm³/mol. The molecule has 4 nitrogen and oxygen atoms in total. The highest BCUT2D eigenvalue weighted by molar-refractivity contribution is 5.97. The van der Waals surface area contributed by atoms with E-state index in [-0.39, 0.29) is 18.0 Å². The van der Waals surface area contributed by atoms with Gasteiger partial charge in [0.1, 0.15) is 11.9 Å². The van der Waals surface area contributed by atoms with Gasteiger partial charge in [-0.05, 0) is 19.1 Å². The largest absolute Gasteiger partial charge is 0.365 e. The average molecular weight is 170 g/mol. The number of aliphatic hydroxyl groups excluding tert-OH is 1.